The van der Waals surface area contributed by atoms with E-state index in [-0.39, 0.29) is 5.75 Å². The summed E-state index contributed by atoms with van der Waals surface area (Å²) in [7, 11) is -4.30. The summed E-state index contributed by atoms with van der Waals surface area (Å²) >= 11 is 0. The van der Waals surface area contributed by atoms with Crippen molar-refractivity contribution in [2.24, 2.45) is 0 Å². The number of hydrogen-bond acceptors (Lipinski definition) is 10. The maximum Gasteiger partial charge on any atom is 0.459 e. The zero-order valence-corrected chi connectivity index (χ0v) is 21.0. The highest BCUT2D eigenvalue weighted by Crippen LogP contribution is 2.46. The molecule has 36 heavy (non-hydrogen) atoms. The van der Waals surface area contributed by atoms with Crippen molar-refractivity contribution in [3.8, 4) is 5.75 Å². The Morgan fingerprint density at radius 1 is 1.33 bits per heavy atom. The molecule has 4 N–H and O–H groups in total. The molecule has 0 spiro atoms. The zero-order valence-electron chi connectivity index (χ0n) is 21.1. The molecule has 1 unspecified atom stereocenters. The molecule has 1 fully saturated rings. The van der Waals surface area contributed by atoms with E-state index in [2.05, 4.69) is 5.09 Å². The van der Waals surface area contributed by atoms with Gasteiger partial charge in [0.15, 0.2) is 6.23 Å². The van der Waals surface area contributed by atoms with E-state index in [0.717, 1.165) is 10.8 Å². The molecule has 0 bridgehead atoms. The molecule has 6 atom stereocenters. The first-order valence-corrected chi connectivity index (χ1v) is 12.6. The smallest absolute Gasteiger partial charge is 0.459 e. The number of aliphatic hydroxyl groups is 2. The summed E-state index contributed by atoms with van der Waals surface area (Å²) in [5, 5.41) is 24.1. The van der Waals surface area contributed by atoms with E-state index in [0.29, 0.717) is 0 Å². The fraction of sp³-hybridized carbons (Fsp3) is 0.500. The number of benzene rings is 1. The van der Waals surface area contributed by atoms with Crippen LogP contribution in [0.3, 0.4) is 0 Å². The third kappa shape index (κ3) is 6.49. The molecular formula is C22H30N3O10P. The molecule has 1 aromatic carbocycles. The average Bonchev–Trinajstić information content (AvgIpc) is 3.03. The van der Waals surface area contributed by atoms with Crippen LogP contribution in [0.25, 0.3) is 0 Å². The van der Waals surface area contributed by atoms with Gasteiger partial charge in [-0.25, -0.2) is 9.36 Å². The van der Waals surface area contributed by atoms with Crippen molar-refractivity contribution in [1.29, 1.82) is 0 Å². The fourth-order valence-corrected chi connectivity index (χ4v) is 4.94. The third-order valence-electron chi connectivity index (χ3n) is 5.23. The molecule has 3 rings (SSSR count). The van der Waals surface area contributed by atoms with Crippen LogP contribution in [-0.4, -0.2) is 62.3 Å². The number of nitrogens with one attached hydrogen (secondary N) is 2. The van der Waals surface area contributed by atoms with Crippen LogP contribution >= 0.6 is 7.75 Å². The van der Waals surface area contributed by atoms with E-state index in [1.807, 2.05) is 4.98 Å². The molecule has 0 aliphatic carbocycles. The lowest BCUT2D eigenvalue weighted by Crippen LogP contribution is -2.47. The first-order chi connectivity index (χ1) is 17.2. The van der Waals surface area contributed by atoms with E-state index < -0.39 is 73.8 Å². The number of rotatable bonds is 10. The number of carbonyl (C=O) groups excluding carboxylic acids is 1. The summed E-state index contributed by atoms with van der Waals surface area (Å²) in [6.45, 7) is 5.28. The van der Waals surface area contributed by atoms with Crippen LogP contribution in [0.4, 0.5) is 0 Å². The Morgan fingerprint density at radius 2 is 2.00 bits per heavy atom. The van der Waals surface area contributed by atoms with E-state index in [1.54, 1.807) is 32.0 Å². The highest BCUT2D eigenvalue weighted by molar-refractivity contribution is 7.52. The third-order valence-corrected chi connectivity index (χ3v) is 6.88. The number of nitrogens with zero attached hydrogens (tertiary/aromatic N) is 1. The van der Waals surface area contributed by atoms with Gasteiger partial charge in [0.1, 0.15) is 29.6 Å². The Balaban J connectivity index is 1.82. The van der Waals surface area contributed by atoms with Crippen LogP contribution in [-0.2, 0) is 23.4 Å². The molecule has 0 amide bonds. The van der Waals surface area contributed by atoms with Gasteiger partial charge in [-0.1, -0.05) is 18.2 Å². The minimum Gasteiger partial charge on any atom is -0.462 e. The van der Waals surface area contributed by atoms with Crippen LogP contribution in [0.15, 0.2) is 52.2 Å². The first-order valence-electron chi connectivity index (χ1n) is 11.6. The summed E-state index contributed by atoms with van der Waals surface area (Å²) in [5.74, 6) is -0.553. The SMILES string of the molecule is [2H]c1cn([C@@H]2O[C@H](CO[P@@](=O)(NC(C)C(=O)OC(C)C)Oc3ccccc3)[C@@H](O)[C@@]2(C)O)c(=O)[nH]c1=O. The van der Waals surface area contributed by atoms with Crippen molar-refractivity contribution in [3.63, 3.8) is 0 Å². The van der Waals surface area contributed by atoms with Gasteiger partial charge in [-0.2, -0.15) is 5.09 Å². The molecule has 198 valence electrons. The number of para-hydroxylation sites is 1. The normalized spacial score (nSPS) is 26.8. The van der Waals surface area contributed by atoms with Crippen molar-refractivity contribution in [1.82, 2.24) is 14.6 Å². The van der Waals surface area contributed by atoms with Crippen LogP contribution in [0.5, 0.6) is 5.75 Å². The van der Waals surface area contributed by atoms with Crippen molar-refractivity contribution in [2.75, 3.05) is 6.61 Å². The van der Waals surface area contributed by atoms with Crippen LogP contribution in [0.1, 0.15) is 35.3 Å². The predicted octanol–water partition coefficient (Wildman–Crippen LogP) is 0.679. The van der Waals surface area contributed by atoms with Gasteiger partial charge in [-0.3, -0.25) is 23.7 Å². The number of esters is 1. The summed E-state index contributed by atoms with van der Waals surface area (Å²) in [6.07, 6.45) is -4.07. The minimum atomic E-state index is -4.30. The van der Waals surface area contributed by atoms with Gasteiger partial charge >= 0.3 is 19.4 Å². The Morgan fingerprint density at radius 3 is 2.64 bits per heavy atom. The lowest BCUT2D eigenvalue weighted by molar-refractivity contribution is -0.149. The zero-order chi connectivity index (χ0) is 27.5. The molecule has 13 nitrogen and oxygen atoms in total. The molecule has 0 saturated carbocycles. The summed E-state index contributed by atoms with van der Waals surface area (Å²) in [4.78, 5) is 38.0. The van der Waals surface area contributed by atoms with Crippen LogP contribution in [0.2, 0.25) is 0 Å². The monoisotopic (exact) mass is 528 g/mol. The number of carbonyl (C=O) groups is 1. The molecule has 1 aliphatic rings. The molecular weight excluding hydrogens is 497 g/mol. The van der Waals surface area contributed by atoms with Gasteiger partial charge in [-0.15, -0.1) is 0 Å². The number of aromatic nitrogens is 2. The largest absolute Gasteiger partial charge is 0.462 e. The van der Waals surface area contributed by atoms with Gasteiger partial charge in [-0.05, 0) is 39.8 Å². The maximum atomic E-state index is 13.6. The van der Waals surface area contributed by atoms with Crippen molar-refractivity contribution >= 4 is 13.7 Å². The van der Waals surface area contributed by atoms with E-state index >= 15 is 0 Å². The summed E-state index contributed by atoms with van der Waals surface area (Å²) < 4.78 is 43.8. The molecule has 2 heterocycles. The Hall–Kier alpha value is -2.80. The summed E-state index contributed by atoms with van der Waals surface area (Å²) in [5.41, 5.74) is -3.99. The highest BCUT2D eigenvalue weighted by Gasteiger charge is 2.54. The van der Waals surface area contributed by atoms with Gasteiger partial charge in [0.05, 0.1) is 14.1 Å². The minimum absolute atomic E-state index is 0.156. The number of ether oxygens (including phenoxy) is 2. The Labute approximate surface area is 208 Å². The second-order valence-electron chi connectivity index (χ2n) is 8.67. The lowest BCUT2D eigenvalue weighted by atomic mass is 9.96. The van der Waals surface area contributed by atoms with Crippen LogP contribution < -0.4 is 20.9 Å². The molecule has 1 aromatic heterocycles. The highest BCUT2D eigenvalue weighted by atomic mass is 31.2. The van der Waals surface area contributed by atoms with Crippen molar-refractivity contribution < 1.29 is 39.5 Å². The Kier molecular flexibility index (Phi) is 8.08. The fourth-order valence-electron chi connectivity index (χ4n) is 3.44. The maximum absolute atomic E-state index is 13.6. The second-order valence-corrected chi connectivity index (χ2v) is 10.4. The van der Waals surface area contributed by atoms with Gasteiger partial charge < -0.3 is 24.2 Å². The lowest BCUT2D eigenvalue weighted by Gasteiger charge is -2.27. The van der Waals surface area contributed by atoms with Crippen molar-refractivity contribution in [2.45, 2.75) is 63.9 Å². The van der Waals surface area contributed by atoms with Gasteiger partial charge in [0, 0.05) is 12.2 Å². The average molecular weight is 528 g/mol. The number of aliphatic hydroxyl groups excluding tert-OH is 1. The van der Waals surface area contributed by atoms with E-state index in [4.69, 9.17) is 19.9 Å². The van der Waals surface area contributed by atoms with Gasteiger partial charge in [0.2, 0.25) is 0 Å². The first kappa shape index (κ1) is 26.3. The standard InChI is InChI=1S/C22H30N3O10P/c1-13(2)33-19(28)14(3)24-36(31,35-15-8-6-5-7-9-15)32-12-16-18(27)22(4,30)20(34-16)25-11-10-17(26)23-21(25)29/h5-11,13-14,16,18,20,27,30H,12H2,1-4H3,(H,24,31)(H,23,26,29)/t14?,16-,18-,20-,22-,36+/m1/s1/i10D. The molecule has 1 saturated heterocycles. The molecule has 14 heteroatoms. The predicted molar refractivity (Wildman–Crippen MR) is 126 cm³/mol. The number of H-pyrrole nitrogens is 1. The van der Waals surface area contributed by atoms with Crippen LogP contribution in [0, 0.1) is 0 Å². The number of hydrogen-bond donors (Lipinski definition) is 4. The topological polar surface area (TPSA) is 178 Å². The number of aromatic amines is 1. The van der Waals surface area contributed by atoms with Crippen molar-refractivity contribution in [3.05, 3.63) is 63.4 Å². The van der Waals surface area contributed by atoms with Gasteiger partial charge in [0.25, 0.3) is 5.56 Å². The second kappa shape index (κ2) is 11.1. The Bertz CT molecular complexity index is 1270. The van der Waals surface area contributed by atoms with E-state index in [9.17, 15) is 29.2 Å². The van der Waals surface area contributed by atoms with E-state index in [1.165, 1.54) is 26.0 Å². The summed E-state index contributed by atoms with van der Waals surface area (Å²) in [6, 6.07) is 6.31. The molecule has 1 aliphatic heterocycles. The molecule has 0 radical (unpaired) electrons. The quantitative estimate of drug-likeness (QED) is 0.252. The molecule has 2 aromatic rings.